The Hall–Kier alpha value is -5.14. The number of methoxy groups -OCH3 is 1. The summed E-state index contributed by atoms with van der Waals surface area (Å²) in [5.74, 6) is -2.23. The number of ether oxygens (including phenoxy) is 2. The molecule has 210 valence electrons. The van der Waals surface area contributed by atoms with E-state index in [4.69, 9.17) is 30.5 Å². The molecular formula is C26H27F2N7O5. The molecule has 4 aromatic rings. The van der Waals surface area contributed by atoms with Crippen LogP contribution in [0.2, 0.25) is 0 Å². The Balaban J connectivity index is 0.00000103. The summed E-state index contributed by atoms with van der Waals surface area (Å²) in [4.78, 5) is 32.6. The molecule has 0 amide bonds. The van der Waals surface area contributed by atoms with Crippen molar-refractivity contribution in [1.29, 1.82) is 5.41 Å². The van der Waals surface area contributed by atoms with E-state index >= 15 is 0 Å². The molecule has 4 rings (SSSR count). The number of nitrogens with zero attached hydrogens (tertiary/aromatic N) is 4. The zero-order valence-corrected chi connectivity index (χ0v) is 21.6. The molecule has 2 aromatic heterocycles. The van der Waals surface area contributed by atoms with Gasteiger partial charge >= 0.3 is 5.69 Å². The van der Waals surface area contributed by atoms with Crippen LogP contribution < -0.4 is 20.9 Å². The Morgan fingerprint density at radius 3 is 2.40 bits per heavy atom. The highest BCUT2D eigenvalue weighted by Gasteiger charge is 2.25. The lowest BCUT2D eigenvalue weighted by Gasteiger charge is -2.18. The second-order valence-corrected chi connectivity index (χ2v) is 8.24. The highest BCUT2D eigenvalue weighted by Crippen LogP contribution is 2.35. The number of benzene rings is 2. The van der Waals surface area contributed by atoms with Gasteiger partial charge < -0.3 is 20.3 Å². The fraction of sp³-hybridized carbons (Fsp3) is 0.231. The molecule has 0 saturated carbocycles. The molecule has 5 N–H and O–H groups in total. The maximum atomic E-state index is 14.8. The number of aromatic amines is 1. The molecule has 1 atom stereocenters. The molecule has 40 heavy (non-hydrogen) atoms. The molecule has 0 aliphatic carbocycles. The number of rotatable bonds is 10. The van der Waals surface area contributed by atoms with Crippen LogP contribution in [0.5, 0.6) is 11.5 Å². The lowest BCUT2D eigenvalue weighted by molar-refractivity contribution is -0.134. The van der Waals surface area contributed by atoms with Gasteiger partial charge in [-0.25, -0.2) is 19.2 Å². The minimum absolute atomic E-state index is 0.0676. The number of nitrogen functional groups attached to an aromatic ring is 1. The van der Waals surface area contributed by atoms with E-state index in [1.165, 1.54) is 31.6 Å². The number of hydrogen-bond acceptors (Lipinski definition) is 8. The minimum Gasteiger partial charge on any atom is -0.494 e. The van der Waals surface area contributed by atoms with Gasteiger partial charge in [-0.05, 0) is 35.7 Å². The number of carboxylic acids is 1. The van der Waals surface area contributed by atoms with E-state index in [-0.39, 0.29) is 35.7 Å². The molecule has 0 aliphatic rings. The zero-order chi connectivity index (χ0) is 29.2. The van der Waals surface area contributed by atoms with E-state index in [0.29, 0.717) is 17.5 Å². The van der Waals surface area contributed by atoms with Crippen molar-refractivity contribution in [2.75, 3.05) is 20.4 Å². The first-order chi connectivity index (χ1) is 19.1. The Morgan fingerprint density at radius 2 is 1.82 bits per heavy atom. The number of hydrogen-bond donors (Lipinski definition) is 4. The van der Waals surface area contributed by atoms with E-state index < -0.39 is 30.1 Å². The fourth-order valence-electron chi connectivity index (χ4n) is 3.66. The first-order valence-electron chi connectivity index (χ1n) is 11.8. The number of amidine groups is 1. The predicted octanol–water partition coefficient (Wildman–Crippen LogP) is 2.60. The van der Waals surface area contributed by atoms with Crippen LogP contribution in [0.4, 0.5) is 8.78 Å². The van der Waals surface area contributed by atoms with E-state index in [1.807, 2.05) is 0 Å². The maximum Gasteiger partial charge on any atom is 0.350 e. The average molecular weight is 556 g/mol. The number of alkyl halides is 1. The van der Waals surface area contributed by atoms with E-state index in [9.17, 15) is 13.6 Å². The molecule has 1 unspecified atom stereocenters. The normalized spacial score (nSPS) is 11.2. The highest BCUT2D eigenvalue weighted by atomic mass is 19.1. The Labute approximate surface area is 226 Å². The molecule has 0 saturated heterocycles. The summed E-state index contributed by atoms with van der Waals surface area (Å²) >= 11 is 0. The smallest absolute Gasteiger partial charge is 0.350 e. The van der Waals surface area contributed by atoms with Crippen molar-refractivity contribution < 1.29 is 28.2 Å². The first kappa shape index (κ1) is 29.4. The van der Waals surface area contributed by atoms with Crippen molar-refractivity contribution in [2.24, 2.45) is 5.73 Å². The number of carboxylic acid groups (broad SMARTS) is 1. The Morgan fingerprint density at radius 1 is 1.20 bits per heavy atom. The lowest BCUT2D eigenvalue weighted by Crippen LogP contribution is -2.18. The number of nitrogens with one attached hydrogen (secondary N) is 2. The SMILES string of the molecule is CC(=O)O.COc1cc(C(Cc2ccc(C(=N)N)cc2)c2nn(-c3ncccn3)c(=O)[nH]2)cc(OCCF)c1F. The maximum absolute atomic E-state index is 14.8. The van der Waals surface area contributed by atoms with Crippen LogP contribution in [0.3, 0.4) is 0 Å². The van der Waals surface area contributed by atoms with Gasteiger partial charge in [0.25, 0.3) is 11.9 Å². The van der Waals surface area contributed by atoms with Gasteiger partial charge in [-0.1, -0.05) is 24.3 Å². The third kappa shape index (κ3) is 7.46. The molecule has 0 spiro atoms. The highest BCUT2D eigenvalue weighted by molar-refractivity contribution is 5.94. The molecule has 14 heteroatoms. The van der Waals surface area contributed by atoms with Gasteiger partial charge in [0.05, 0.1) is 7.11 Å². The summed E-state index contributed by atoms with van der Waals surface area (Å²) in [6.07, 6.45) is 3.28. The molecular weight excluding hydrogens is 528 g/mol. The zero-order valence-electron chi connectivity index (χ0n) is 21.6. The second kappa shape index (κ2) is 13.6. The van der Waals surface area contributed by atoms with Crippen molar-refractivity contribution in [3.05, 3.63) is 93.7 Å². The summed E-state index contributed by atoms with van der Waals surface area (Å²) in [5, 5.41) is 19.4. The summed E-state index contributed by atoms with van der Waals surface area (Å²) in [5.41, 5.74) is 6.88. The Bertz CT molecular complexity index is 1500. The number of aromatic nitrogens is 5. The summed E-state index contributed by atoms with van der Waals surface area (Å²) in [6, 6.07) is 11.5. The first-order valence-corrected chi connectivity index (χ1v) is 11.8. The Kier molecular flexibility index (Phi) is 10.00. The summed E-state index contributed by atoms with van der Waals surface area (Å²) < 4.78 is 39.0. The van der Waals surface area contributed by atoms with Gasteiger partial charge in [0, 0.05) is 30.8 Å². The summed E-state index contributed by atoms with van der Waals surface area (Å²) in [6.45, 7) is -0.0514. The van der Waals surface area contributed by atoms with Crippen LogP contribution in [0.15, 0.2) is 59.7 Å². The third-order valence-corrected chi connectivity index (χ3v) is 5.40. The van der Waals surface area contributed by atoms with Crippen LogP contribution in [-0.2, 0) is 11.2 Å². The van der Waals surface area contributed by atoms with Crippen LogP contribution in [0, 0.1) is 11.2 Å². The lowest BCUT2D eigenvalue weighted by atomic mass is 9.90. The number of H-pyrrole nitrogens is 1. The van der Waals surface area contributed by atoms with Crippen molar-refractivity contribution in [1.82, 2.24) is 24.7 Å². The van der Waals surface area contributed by atoms with E-state index in [0.717, 1.165) is 17.2 Å². The van der Waals surface area contributed by atoms with E-state index in [1.54, 1.807) is 30.3 Å². The van der Waals surface area contributed by atoms with Crippen LogP contribution in [-0.4, -0.2) is 62.0 Å². The van der Waals surface area contributed by atoms with Crippen LogP contribution >= 0.6 is 0 Å². The monoisotopic (exact) mass is 555 g/mol. The molecule has 0 bridgehead atoms. The predicted molar refractivity (Wildman–Crippen MR) is 141 cm³/mol. The van der Waals surface area contributed by atoms with Gasteiger partial charge in [0.15, 0.2) is 11.5 Å². The van der Waals surface area contributed by atoms with Crippen molar-refractivity contribution in [3.63, 3.8) is 0 Å². The standard InChI is InChI=1S/C24H23F2N7O3.C2H4O2/c1-35-18-12-16(13-19(20(18)26)36-10-7-25)17(11-14-3-5-15(6-4-14)21(27)28)22-31-24(34)33(32-22)23-29-8-2-9-30-23;1-2(3)4/h2-6,8-9,12-13,17H,7,10-11H2,1H3,(H3,27,28)(H,31,32,34);1H3,(H,3,4). The number of nitrogens with two attached hydrogens (primary N) is 1. The minimum atomic E-state index is -0.833. The van der Waals surface area contributed by atoms with Gasteiger partial charge in [-0.2, -0.15) is 4.39 Å². The fourth-order valence-corrected chi connectivity index (χ4v) is 3.66. The van der Waals surface area contributed by atoms with Crippen LogP contribution in [0.1, 0.15) is 35.4 Å². The van der Waals surface area contributed by atoms with Gasteiger partial charge in [-0.3, -0.25) is 15.2 Å². The largest absolute Gasteiger partial charge is 0.494 e. The number of carbonyl (C=O) groups is 1. The quantitative estimate of drug-likeness (QED) is 0.169. The average Bonchev–Trinajstić information content (AvgIpc) is 3.32. The van der Waals surface area contributed by atoms with Crippen molar-refractivity contribution in [3.8, 4) is 17.4 Å². The van der Waals surface area contributed by atoms with Crippen molar-refractivity contribution >= 4 is 11.8 Å². The van der Waals surface area contributed by atoms with Crippen molar-refractivity contribution in [2.45, 2.75) is 19.3 Å². The molecule has 2 aromatic carbocycles. The van der Waals surface area contributed by atoms with Gasteiger partial charge in [0.2, 0.25) is 5.82 Å². The molecule has 0 radical (unpaired) electrons. The van der Waals surface area contributed by atoms with Gasteiger partial charge in [0.1, 0.15) is 24.9 Å². The topological polar surface area (TPSA) is 182 Å². The van der Waals surface area contributed by atoms with E-state index in [2.05, 4.69) is 20.1 Å². The molecule has 0 fully saturated rings. The van der Waals surface area contributed by atoms with Crippen LogP contribution in [0.25, 0.3) is 5.95 Å². The van der Waals surface area contributed by atoms with Gasteiger partial charge in [-0.15, -0.1) is 9.78 Å². The summed E-state index contributed by atoms with van der Waals surface area (Å²) in [7, 11) is 1.31. The molecule has 12 nitrogen and oxygen atoms in total. The number of halogens is 2. The molecule has 2 heterocycles. The third-order valence-electron chi connectivity index (χ3n) is 5.40. The number of aliphatic carboxylic acids is 1. The second-order valence-electron chi connectivity index (χ2n) is 8.24. The molecule has 0 aliphatic heterocycles.